The predicted molar refractivity (Wildman–Crippen MR) is 100 cm³/mol. The first-order valence-electron chi connectivity index (χ1n) is 8.79. The van der Waals surface area contributed by atoms with Crippen molar-refractivity contribution in [3.8, 4) is 11.3 Å². The molecule has 0 radical (unpaired) electrons. The molecule has 0 saturated heterocycles. The fraction of sp³-hybridized carbons (Fsp3) is 0.286. The molecule has 0 fully saturated rings. The van der Waals surface area contributed by atoms with E-state index in [9.17, 15) is 13.6 Å². The Morgan fingerprint density at radius 3 is 2.62 bits per heavy atom. The van der Waals surface area contributed by atoms with Crippen LogP contribution < -0.4 is 5.32 Å². The van der Waals surface area contributed by atoms with E-state index in [4.69, 9.17) is 0 Å². The van der Waals surface area contributed by atoms with Gasteiger partial charge in [-0.25, -0.2) is 8.78 Å². The third-order valence-corrected chi connectivity index (χ3v) is 4.72. The Bertz CT molecular complexity index is 890. The predicted octanol–water partition coefficient (Wildman–Crippen LogP) is 4.47. The van der Waals surface area contributed by atoms with E-state index in [2.05, 4.69) is 10.3 Å². The first kappa shape index (κ1) is 18.3. The lowest BCUT2D eigenvalue weighted by molar-refractivity contribution is -0.111. The first-order valence-corrected chi connectivity index (χ1v) is 8.79. The summed E-state index contributed by atoms with van der Waals surface area (Å²) in [4.78, 5) is 14.5. The largest absolute Gasteiger partial charge is 0.352 e. The zero-order chi connectivity index (χ0) is 18.5. The molecule has 0 aliphatic heterocycles. The highest BCUT2D eigenvalue weighted by atomic mass is 19.1. The molecule has 1 unspecified atom stereocenters. The van der Waals surface area contributed by atoms with Gasteiger partial charge in [-0.1, -0.05) is 30.3 Å². The van der Waals surface area contributed by atoms with Crippen LogP contribution in [0.5, 0.6) is 0 Å². The molecule has 3 rings (SSSR count). The third kappa shape index (κ3) is 3.83. The molecule has 0 aliphatic carbocycles. The molecule has 5 heteroatoms. The van der Waals surface area contributed by atoms with Crippen molar-refractivity contribution in [3.63, 3.8) is 0 Å². The van der Waals surface area contributed by atoms with E-state index in [1.807, 2.05) is 37.4 Å². The molecule has 1 heterocycles. The number of nitrogens with one attached hydrogen (secondary N) is 2. The zero-order valence-corrected chi connectivity index (χ0v) is 14.7. The number of H-pyrrole nitrogens is 1. The lowest BCUT2D eigenvalue weighted by Gasteiger charge is -2.11. The van der Waals surface area contributed by atoms with E-state index >= 15 is 0 Å². The molecule has 136 valence electrons. The standard InChI is InChI=1S/C21H22F2N2O/c1-24-10-9-14(13-26)7-8-17-18-11-16(22)12-19(23)21(18)25-20(17)15-5-3-2-4-6-15/h2-6,11-14,24-25H,7-10H2,1H3. The lowest BCUT2D eigenvalue weighted by atomic mass is 9.94. The Labute approximate surface area is 151 Å². The lowest BCUT2D eigenvalue weighted by Crippen LogP contribution is -2.14. The molecule has 0 bridgehead atoms. The maximum absolute atomic E-state index is 14.3. The average Bonchev–Trinajstić information content (AvgIpc) is 3.01. The van der Waals surface area contributed by atoms with Crippen molar-refractivity contribution >= 4 is 17.2 Å². The number of hydrogen-bond acceptors (Lipinski definition) is 2. The summed E-state index contributed by atoms with van der Waals surface area (Å²) in [5, 5.41) is 3.58. The van der Waals surface area contributed by atoms with Gasteiger partial charge in [0.25, 0.3) is 0 Å². The van der Waals surface area contributed by atoms with E-state index in [0.29, 0.717) is 23.7 Å². The van der Waals surface area contributed by atoms with Crippen molar-refractivity contribution in [1.29, 1.82) is 0 Å². The maximum atomic E-state index is 14.3. The molecule has 3 aromatic rings. The van der Waals surface area contributed by atoms with Crippen LogP contribution >= 0.6 is 0 Å². The van der Waals surface area contributed by atoms with Gasteiger partial charge in [0.15, 0.2) is 0 Å². The van der Waals surface area contributed by atoms with Gasteiger partial charge < -0.3 is 15.1 Å². The first-order chi connectivity index (χ1) is 12.6. The van der Waals surface area contributed by atoms with Crippen LogP contribution in [0.4, 0.5) is 8.78 Å². The van der Waals surface area contributed by atoms with Crippen molar-refractivity contribution in [1.82, 2.24) is 10.3 Å². The molecule has 0 spiro atoms. The number of hydrogen-bond donors (Lipinski definition) is 2. The summed E-state index contributed by atoms with van der Waals surface area (Å²) in [6.07, 6.45) is 2.91. The second kappa shape index (κ2) is 8.23. The van der Waals surface area contributed by atoms with Gasteiger partial charge in [-0.05, 0) is 50.0 Å². The minimum atomic E-state index is -0.606. The number of fused-ring (bicyclic) bond motifs is 1. The highest BCUT2D eigenvalue weighted by Gasteiger charge is 2.18. The summed E-state index contributed by atoms with van der Waals surface area (Å²) >= 11 is 0. The van der Waals surface area contributed by atoms with Gasteiger partial charge in [0, 0.05) is 23.1 Å². The summed E-state index contributed by atoms with van der Waals surface area (Å²) in [5.74, 6) is -1.29. The number of aromatic amines is 1. The van der Waals surface area contributed by atoms with Crippen LogP contribution in [-0.4, -0.2) is 24.9 Å². The number of aldehydes is 1. The molecule has 0 amide bonds. The van der Waals surface area contributed by atoms with Gasteiger partial charge in [0.1, 0.15) is 17.9 Å². The van der Waals surface area contributed by atoms with Gasteiger partial charge in [0.05, 0.1) is 5.52 Å². The smallest absolute Gasteiger partial charge is 0.150 e. The molecule has 26 heavy (non-hydrogen) atoms. The molecule has 1 aromatic heterocycles. The fourth-order valence-corrected chi connectivity index (χ4v) is 3.32. The Kier molecular flexibility index (Phi) is 5.78. The van der Waals surface area contributed by atoms with Crippen LogP contribution in [0.3, 0.4) is 0 Å². The van der Waals surface area contributed by atoms with Gasteiger partial charge in [-0.3, -0.25) is 0 Å². The third-order valence-electron chi connectivity index (χ3n) is 4.72. The van der Waals surface area contributed by atoms with Crippen molar-refractivity contribution in [3.05, 3.63) is 59.7 Å². The van der Waals surface area contributed by atoms with Crippen molar-refractivity contribution in [2.24, 2.45) is 5.92 Å². The minimum absolute atomic E-state index is 0.0885. The molecule has 0 aliphatic rings. The monoisotopic (exact) mass is 356 g/mol. The summed E-state index contributed by atoms with van der Waals surface area (Å²) < 4.78 is 28.1. The number of halogens is 2. The number of benzene rings is 2. The summed E-state index contributed by atoms with van der Waals surface area (Å²) in [5.41, 5.74) is 2.85. The molecule has 2 aromatic carbocycles. The van der Waals surface area contributed by atoms with Crippen molar-refractivity contribution in [2.75, 3.05) is 13.6 Å². The van der Waals surface area contributed by atoms with Gasteiger partial charge in [-0.2, -0.15) is 0 Å². The SMILES string of the molecule is CNCCC(C=O)CCc1c(-c2ccccc2)[nH]c2c(F)cc(F)cc12. The Morgan fingerprint density at radius 2 is 1.92 bits per heavy atom. The summed E-state index contributed by atoms with van der Waals surface area (Å²) in [7, 11) is 1.85. The summed E-state index contributed by atoms with van der Waals surface area (Å²) in [6.45, 7) is 0.756. The van der Waals surface area contributed by atoms with Crippen LogP contribution in [0, 0.1) is 17.6 Å². The maximum Gasteiger partial charge on any atom is 0.150 e. The number of aryl methyl sites for hydroxylation is 1. The van der Waals surface area contributed by atoms with Crippen LogP contribution in [0.25, 0.3) is 22.2 Å². The normalized spacial score (nSPS) is 12.4. The van der Waals surface area contributed by atoms with E-state index < -0.39 is 11.6 Å². The van der Waals surface area contributed by atoms with Gasteiger partial charge in [0.2, 0.25) is 0 Å². The Hall–Kier alpha value is -2.53. The highest BCUT2D eigenvalue weighted by Crippen LogP contribution is 2.33. The zero-order valence-electron chi connectivity index (χ0n) is 14.7. The second-order valence-corrected chi connectivity index (χ2v) is 6.48. The highest BCUT2D eigenvalue weighted by molar-refractivity contribution is 5.91. The topological polar surface area (TPSA) is 44.9 Å². The van der Waals surface area contributed by atoms with E-state index in [0.717, 1.165) is 42.1 Å². The van der Waals surface area contributed by atoms with E-state index in [1.54, 1.807) is 0 Å². The fourth-order valence-electron chi connectivity index (χ4n) is 3.32. The molecule has 2 N–H and O–H groups in total. The molecule has 1 atom stereocenters. The van der Waals surface area contributed by atoms with Crippen molar-refractivity contribution < 1.29 is 13.6 Å². The van der Waals surface area contributed by atoms with Crippen LogP contribution in [0.1, 0.15) is 18.4 Å². The molecular formula is C21H22F2N2O. The number of carbonyl (C=O) groups is 1. The molecule has 0 saturated carbocycles. The number of carbonyl (C=O) groups excluding carboxylic acids is 1. The average molecular weight is 356 g/mol. The van der Waals surface area contributed by atoms with E-state index in [-0.39, 0.29) is 5.92 Å². The molecule has 3 nitrogen and oxygen atoms in total. The van der Waals surface area contributed by atoms with Crippen LogP contribution in [0.15, 0.2) is 42.5 Å². The second-order valence-electron chi connectivity index (χ2n) is 6.48. The Morgan fingerprint density at radius 1 is 1.15 bits per heavy atom. The van der Waals surface area contributed by atoms with E-state index in [1.165, 1.54) is 6.07 Å². The quantitative estimate of drug-likeness (QED) is 0.585. The van der Waals surface area contributed by atoms with Crippen molar-refractivity contribution in [2.45, 2.75) is 19.3 Å². The van der Waals surface area contributed by atoms with Crippen LogP contribution in [-0.2, 0) is 11.2 Å². The molecular weight excluding hydrogens is 334 g/mol. The number of rotatable bonds is 8. The van der Waals surface area contributed by atoms with Gasteiger partial charge in [-0.15, -0.1) is 0 Å². The van der Waals surface area contributed by atoms with Crippen LogP contribution in [0.2, 0.25) is 0 Å². The summed E-state index contributed by atoms with van der Waals surface area (Å²) in [6, 6.07) is 11.8. The Balaban J connectivity index is 2.02. The van der Waals surface area contributed by atoms with Gasteiger partial charge >= 0.3 is 0 Å². The number of aromatic nitrogens is 1. The minimum Gasteiger partial charge on any atom is -0.352 e.